The first-order chi connectivity index (χ1) is 14.7. The Labute approximate surface area is 205 Å². The molecule has 1 amide bonds. The van der Waals surface area contributed by atoms with Gasteiger partial charge in [0.15, 0.2) is 0 Å². The molecular formula is C22H17Cl3N2O2S2. The Morgan fingerprint density at radius 2 is 1.32 bits per heavy atom. The highest BCUT2D eigenvalue weighted by molar-refractivity contribution is 7.99. The number of amides is 1. The second-order valence-corrected chi connectivity index (χ2v) is 10.2. The number of anilines is 2. The van der Waals surface area contributed by atoms with E-state index in [0.717, 1.165) is 15.5 Å². The second kappa shape index (κ2) is 10.6. The lowest BCUT2D eigenvalue weighted by atomic mass is 10.2. The molecule has 3 aromatic carbocycles. The standard InChI is InChI=1S/C22H17Cl3N2O2S2/c1-14(28)26-16-4-8-18(9-5-16)29-21(30)27-17-6-12-20(13-7-17)31-19-10-2-15(3-11-19)22(23,24)25/h2-13H,1H3,(H,26,28)(H,27,30). The van der Waals surface area contributed by atoms with Crippen molar-refractivity contribution in [3.05, 3.63) is 78.4 Å². The Bertz CT molecular complexity index is 1050. The molecule has 0 fully saturated rings. The van der Waals surface area contributed by atoms with Crippen LogP contribution in [-0.4, -0.2) is 11.1 Å². The van der Waals surface area contributed by atoms with Gasteiger partial charge in [-0.1, -0.05) is 58.7 Å². The Hall–Kier alpha value is -1.96. The van der Waals surface area contributed by atoms with Gasteiger partial charge in [0, 0.05) is 33.7 Å². The summed E-state index contributed by atoms with van der Waals surface area (Å²) in [7, 11) is 0. The van der Waals surface area contributed by atoms with E-state index in [1.165, 1.54) is 6.92 Å². The van der Waals surface area contributed by atoms with Crippen LogP contribution in [0.2, 0.25) is 0 Å². The van der Waals surface area contributed by atoms with E-state index in [4.69, 9.17) is 51.8 Å². The van der Waals surface area contributed by atoms with Crippen LogP contribution in [0.4, 0.5) is 11.4 Å². The summed E-state index contributed by atoms with van der Waals surface area (Å²) in [6.45, 7) is 1.45. The number of rotatable bonds is 5. The van der Waals surface area contributed by atoms with Crippen molar-refractivity contribution >= 4 is 81.2 Å². The molecule has 0 aromatic heterocycles. The van der Waals surface area contributed by atoms with Crippen molar-refractivity contribution in [3.8, 4) is 5.75 Å². The first kappa shape index (κ1) is 23.7. The molecule has 0 saturated heterocycles. The normalized spacial score (nSPS) is 11.0. The van der Waals surface area contributed by atoms with Gasteiger partial charge in [0.25, 0.3) is 5.17 Å². The zero-order chi connectivity index (χ0) is 22.4. The highest BCUT2D eigenvalue weighted by atomic mass is 35.6. The maximum absolute atomic E-state index is 11.1. The number of carbonyl (C=O) groups is 1. The van der Waals surface area contributed by atoms with Gasteiger partial charge >= 0.3 is 0 Å². The van der Waals surface area contributed by atoms with Gasteiger partial charge in [0.1, 0.15) is 5.75 Å². The summed E-state index contributed by atoms with van der Waals surface area (Å²) < 4.78 is 4.19. The van der Waals surface area contributed by atoms with E-state index in [-0.39, 0.29) is 11.1 Å². The summed E-state index contributed by atoms with van der Waals surface area (Å²) in [6.07, 6.45) is 0. The summed E-state index contributed by atoms with van der Waals surface area (Å²) in [5, 5.41) is 5.95. The van der Waals surface area contributed by atoms with Gasteiger partial charge in [-0.2, -0.15) is 0 Å². The summed E-state index contributed by atoms with van der Waals surface area (Å²) >= 11 is 24.5. The molecule has 0 radical (unpaired) electrons. The highest BCUT2D eigenvalue weighted by Crippen LogP contribution is 2.39. The van der Waals surface area contributed by atoms with E-state index in [9.17, 15) is 4.79 Å². The highest BCUT2D eigenvalue weighted by Gasteiger charge is 2.22. The monoisotopic (exact) mass is 510 g/mol. The van der Waals surface area contributed by atoms with Crippen LogP contribution in [0.15, 0.2) is 82.6 Å². The van der Waals surface area contributed by atoms with Crippen molar-refractivity contribution in [2.45, 2.75) is 20.5 Å². The lowest BCUT2D eigenvalue weighted by Gasteiger charge is -2.12. The molecule has 31 heavy (non-hydrogen) atoms. The molecule has 0 unspecified atom stereocenters. The first-order valence-corrected chi connectivity index (χ1v) is 11.4. The number of ether oxygens (including phenoxy) is 1. The first-order valence-electron chi connectivity index (χ1n) is 9.01. The number of hydrogen-bond donors (Lipinski definition) is 2. The van der Waals surface area contributed by atoms with Crippen LogP contribution in [0.5, 0.6) is 5.75 Å². The van der Waals surface area contributed by atoms with Crippen molar-refractivity contribution in [2.75, 3.05) is 10.6 Å². The predicted octanol–water partition coefficient (Wildman–Crippen LogP) is 7.40. The molecule has 0 aliphatic carbocycles. The predicted molar refractivity (Wildman–Crippen MR) is 134 cm³/mol. The number of hydrogen-bond acceptors (Lipinski definition) is 4. The van der Waals surface area contributed by atoms with Crippen molar-refractivity contribution in [1.29, 1.82) is 0 Å². The lowest BCUT2D eigenvalue weighted by Crippen LogP contribution is -2.16. The Morgan fingerprint density at radius 3 is 1.84 bits per heavy atom. The SMILES string of the molecule is CC(=O)Nc1ccc(OC(=S)Nc2ccc(Sc3ccc(C(Cl)(Cl)Cl)cc3)cc2)cc1. The maximum Gasteiger partial charge on any atom is 0.266 e. The van der Waals surface area contributed by atoms with E-state index < -0.39 is 3.79 Å². The van der Waals surface area contributed by atoms with E-state index in [1.807, 2.05) is 36.4 Å². The van der Waals surface area contributed by atoms with Crippen LogP contribution < -0.4 is 15.4 Å². The fraction of sp³-hybridized carbons (Fsp3) is 0.0909. The Morgan fingerprint density at radius 1 is 0.839 bits per heavy atom. The third kappa shape index (κ3) is 7.59. The minimum Gasteiger partial charge on any atom is -0.432 e. The number of nitrogens with one attached hydrogen (secondary N) is 2. The number of carbonyl (C=O) groups excluding carboxylic acids is 1. The van der Waals surface area contributed by atoms with Crippen LogP contribution in [0, 0.1) is 0 Å². The molecule has 3 aromatic rings. The third-order valence-electron chi connectivity index (χ3n) is 3.90. The van der Waals surface area contributed by atoms with Crippen LogP contribution in [-0.2, 0) is 8.59 Å². The van der Waals surface area contributed by atoms with Gasteiger partial charge in [-0.15, -0.1) is 0 Å². The zero-order valence-electron chi connectivity index (χ0n) is 16.2. The minimum absolute atomic E-state index is 0.132. The molecular weight excluding hydrogens is 495 g/mol. The van der Waals surface area contributed by atoms with Crippen LogP contribution in [0.25, 0.3) is 0 Å². The van der Waals surface area contributed by atoms with Crippen molar-refractivity contribution in [1.82, 2.24) is 0 Å². The number of benzene rings is 3. The van der Waals surface area contributed by atoms with Gasteiger partial charge in [-0.3, -0.25) is 4.79 Å². The average Bonchev–Trinajstić information content (AvgIpc) is 2.70. The lowest BCUT2D eigenvalue weighted by molar-refractivity contribution is -0.114. The van der Waals surface area contributed by atoms with Crippen molar-refractivity contribution in [3.63, 3.8) is 0 Å². The van der Waals surface area contributed by atoms with Gasteiger partial charge in [-0.05, 0) is 72.9 Å². The van der Waals surface area contributed by atoms with Gasteiger partial charge in [0.05, 0.1) is 0 Å². The Kier molecular flexibility index (Phi) is 8.08. The number of halogens is 3. The molecule has 0 bridgehead atoms. The van der Waals surface area contributed by atoms with Crippen molar-refractivity contribution in [2.24, 2.45) is 0 Å². The zero-order valence-corrected chi connectivity index (χ0v) is 20.1. The summed E-state index contributed by atoms with van der Waals surface area (Å²) in [4.78, 5) is 13.1. The summed E-state index contributed by atoms with van der Waals surface area (Å²) in [6, 6.07) is 22.1. The molecule has 0 spiro atoms. The van der Waals surface area contributed by atoms with Gasteiger partial charge in [0.2, 0.25) is 9.70 Å². The average molecular weight is 512 g/mol. The van der Waals surface area contributed by atoms with E-state index in [0.29, 0.717) is 17.0 Å². The molecule has 160 valence electrons. The molecule has 0 heterocycles. The minimum atomic E-state index is -1.43. The molecule has 0 saturated carbocycles. The topological polar surface area (TPSA) is 50.4 Å². The number of thiocarbonyl (C=S) groups is 1. The van der Waals surface area contributed by atoms with Gasteiger partial charge < -0.3 is 15.4 Å². The molecule has 4 nitrogen and oxygen atoms in total. The largest absolute Gasteiger partial charge is 0.432 e. The fourth-order valence-electron chi connectivity index (χ4n) is 2.51. The van der Waals surface area contributed by atoms with Crippen LogP contribution in [0.1, 0.15) is 12.5 Å². The summed E-state index contributed by atoms with van der Waals surface area (Å²) in [5.74, 6) is 0.435. The fourth-order valence-corrected chi connectivity index (χ4v) is 3.92. The van der Waals surface area contributed by atoms with E-state index in [1.54, 1.807) is 48.2 Å². The van der Waals surface area contributed by atoms with E-state index in [2.05, 4.69) is 10.6 Å². The molecule has 0 aliphatic heterocycles. The van der Waals surface area contributed by atoms with Gasteiger partial charge in [-0.25, -0.2) is 0 Å². The maximum atomic E-state index is 11.1. The molecule has 9 heteroatoms. The smallest absolute Gasteiger partial charge is 0.266 e. The van der Waals surface area contributed by atoms with Crippen LogP contribution in [0.3, 0.4) is 0 Å². The number of alkyl halides is 3. The van der Waals surface area contributed by atoms with Crippen LogP contribution >= 0.6 is 58.8 Å². The quantitative estimate of drug-likeness (QED) is 0.276. The van der Waals surface area contributed by atoms with Crippen molar-refractivity contribution < 1.29 is 9.53 Å². The van der Waals surface area contributed by atoms with E-state index >= 15 is 0 Å². The summed E-state index contributed by atoms with van der Waals surface area (Å²) in [5.41, 5.74) is 2.11. The molecule has 0 aliphatic rings. The second-order valence-electron chi connectivity index (χ2n) is 6.37. The molecule has 0 atom stereocenters. The third-order valence-corrected chi connectivity index (χ3v) is 5.76. The molecule has 2 N–H and O–H groups in total. The Balaban J connectivity index is 1.54. The molecule has 3 rings (SSSR count).